The molecule has 0 aliphatic carbocycles. The standard InChI is InChI=1S/C18H23NO2/c1-3-4-5-6-7-10-18(20)19-13-8-9-15-14-16(21-2)11-12-17(15)19/h11-12,14H,3-6,8-9,13H2,1-2H3. The Morgan fingerprint density at radius 2 is 2.24 bits per heavy atom. The van der Waals surface area contributed by atoms with Gasteiger partial charge in [-0.15, -0.1) is 0 Å². The first kappa shape index (κ1) is 15.4. The molecule has 0 fully saturated rings. The molecule has 0 N–H and O–H groups in total. The van der Waals surface area contributed by atoms with Crippen LogP contribution in [-0.2, 0) is 11.2 Å². The predicted molar refractivity (Wildman–Crippen MR) is 85.6 cm³/mol. The summed E-state index contributed by atoms with van der Waals surface area (Å²) in [7, 11) is 1.66. The lowest BCUT2D eigenvalue weighted by molar-refractivity contribution is -0.113. The molecule has 0 unspecified atom stereocenters. The van der Waals surface area contributed by atoms with Gasteiger partial charge in [-0.2, -0.15) is 0 Å². The number of aryl methyl sites for hydroxylation is 1. The molecule has 21 heavy (non-hydrogen) atoms. The maximum Gasteiger partial charge on any atom is 0.302 e. The molecule has 1 heterocycles. The van der Waals surface area contributed by atoms with Crippen LogP contribution >= 0.6 is 0 Å². The maximum atomic E-state index is 12.3. The fourth-order valence-corrected chi connectivity index (χ4v) is 2.58. The molecule has 0 saturated heterocycles. The minimum Gasteiger partial charge on any atom is -0.497 e. The van der Waals surface area contributed by atoms with Crippen molar-refractivity contribution in [3.05, 3.63) is 23.8 Å². The number of carbonyl (C=O) groups is 1. The summed E-state index contributed by atoms with van der Waals surface area (Å²) in [4.78, 5) is 14.1. The second-order valence-corrected chi connectivity index (χ2v) is 5.31. The predicted octanol–water partition coefficient (Wildman–Crippen LogP) is 3.56. The number of ether oxygens (including phenoxy) is 1. The summed E-state index contributed by atoms with van der Waals surface area (Å²) in [6, 6.07) is 5.88. The minimum absolute atomic E-state index is 0.0855. The van der Waals surface area contributed by atoms with Crippen molar-refractivity contribution in [1.29, 1.82) is 0 Å². The number of fused-ring (bicyclic) bond motifs is 1. The fourth-order valence-electron chi connectivity index (χ4n) is 2.58. The number of amides is 1. The maximum absolute atomic E-state index is 12.3. The molecule has 2 rings (SSSR count). The van der Waals surface area contributed by atoms with E-state index < -0.39 is 0 Å². The summed E-state index contributed by atoms with van der Waals surface area (Å²) in [5, 5.41) is 0. The lowest BCUT2D eigenvalue weighted by Gasteiger charge is -2.28. The molecule has 1 aliphatic heterocycles. The molecule has 0 spiro atoms. The summed E-state index contributed by atoms with van der Waals surface area (Å²) in [5.74, 6) is 6.55. The highest BCUT2D eigenvalue weighted by Gasteiger charge is 2.21. The SMILES string of the molecule is CCCCCC#CC(=O)N1CCCc2cc(OC)ccc21. The van der Waals surface area contributed by atoms with Crippen molar-refractivity contribution in [3.63, 3.8) is 0 Å². The third-order valence-electron chi connectivity index (χ3n) is 3.75. The van der Waals surface area contributed by atoms with Gasteiger partial charge in [-0.3, -0.25) is 4.79 Å². The molecule has 0 bridgehead atoms. The van der Waals surface area contributed by atoms with Crippen LogP contribution in [0.25, 0.3) is 0 Å². The van der Waals surface area contributed by atoms with Gasteiger partial charge in [-0.25, -0.2) is 0 Å². The summed E-state index contributed by atoms with van der Waals surface area (Å²) in [5.41, 5.74) is 2.15. The van der Waals surface area contributed by atoms with Crippen LogP contribution in [0, 0.1) is 11.8 Å². The van der Waals surface area contributed by atoms with Gasteiger partial charge in [0.05, 0.1) is 7.11 Å². The molecule has 1 aromatic carbocycles. The Kier molecular flexibility index (Phi) is 5.68. The number of hydrogen-bond acceptors (Lipinski definition) is 2. The second kappa shape index (κ2) is 7.73. The second-order valence-electron chi connectivity index (χ2n) is 5.31. The van der Waals surface area contributed by atoms with Crippen molar-refractivity contribution in [2.24, 2.45) is 0 Å². The van der Waals surface area contributed by atoms with E-state index in [9.17, 15) is 4.79 Å². The van der Waals surface area contributed by atoms with Gasteiger partial charge in [-0.1, -0.05) is 25.7 Å². The van der Waals surface area contributed by atoms with E-state index in [0.29, 0.717) is 0 Å². The van der Waals surface area contributed by atoms with Gasteiger partial charge in [0.15, 0.2) is 0 Å². The number of methoxy groups -OCH3 is 1. The average molecular weight is 285 g/mol. The molecule has 112 valence electrons. The van der Waals surface area contributed by atoms with E-state index in [1.165, 1.54) is 18.4 Å². The number of nitrogens with zero attached hydrogens (tertiary/aromatic N) is 1. The number of benzene rings is 1. The third kappa shape index (κ3) is 4.01. The molecule has 1 aromatic rings. The molecular formula is C18H23NO2. The van der Waals surface area contributed by atoms with E-state index in [-0.39, 0.29) is 5.91 Å². The van der Waals surface area contributed by atoms with Crippen LogP contribution in [-0.4, -0.2) is 19.6 Å². The number of hydrogen-bond donors (Lipinski definition) is 0. The highest BCUT2D eigenvalue weighted by atomic mass is 16.5. The van der Waals surface area contributed by atoms with E-state index in [2.05, 4.69) is 18.8 Å². The lowest BCUT2D eigenvalue weighted by atomic mass is 10.0. The van der Waals surface area contributed by atoms with Gasteiger partial charge in [0.1, 0.15) is 5.75 Å². The smallest absolute Gasteiger partial charge is 0.302 e. The fraction of sp³-hybridized carbons (Fsp3) is 0.500. The minimum atomic E-state index is -0.0855. The van der Waals surface area contributed by atoms with Crippen LogP contribution in [0.5, 0.6) is 5.75 Å². The molecule has 1 amide bonds. The Balaban J connectivity index is 2.07. The van der Waals surface area contributed by atoms with Crippen molar-refractivity contribution in [2.75, 3.05) is 18.6 Å². The zero-order chi connectivity index (χ0) is 15.1. The summed E-state index contributed by atoms with van der Waals surface area (Å²) in [6.45, 7) is 2.92. The van der Waals surface area contributed by atoms with E-state index in [1.807, 2.05) is 18.2 Å². The Bertz CT molecular complexity index is 554. The zero-order valence-corrected chi connectivity index (χ0v) is 12.9. The van der Waals surface area contributed by atoms with Gasteiger partial charge >= 0.3 is 5.91 Å². The quantitative estimate of drug-likeness (QED) is 0.625. The van der Waals surface area contributed by atoms with Crippen LogP contribution in [0.3, 0.4) is 0 Å². The molecule has 0 saturated carbocycles. The van der Waals surface area contributed by atoms with Crippen LogP contribution in [0.1, 0.15) is 44.6 Å². The van der Waals surface area contributed by atoms with Gasteiger partial charge < -0.3 is 9.64 Å². The van der Waals surface area contributed by atoms with Crippen molar-refractivity contribution < 1.29 is 9.53 Å². The zero-order valence-electron chi connectivity index (χ0n) is 12.9. The number of unbranched alkanes of at least 4 members (excludes halogenated alkanes) is 3. The van der Waals surface area contributed by atoms with Crippen molar-refractivity contribution in [1.82, 2.24) is 0 Å². The molecule has 3 nitrogen and oxygen atoms in total. The van der Waals surface area contributed by atoms with Gasteiger partial charge in [0, 0.05) is 18.7 Å². The Morgan fingerprint density at radius 3 is 3.00 bits per heavy atom. The van der Waals surface area contributed by atoms with Crippen molar-refractivity contribution in [2.45, 2.75) is 45.4 Å². The molecule has 1 aliphatic rings. The Morgan fingerprint density at radius 1 is 1.38 bits per heavy atom. The number of carbonyl (C=O) groups excluding carboxylic acids is 1. The van der Waals surface area contributed by atoms with E-state index in [1.54, 1.807) is 12.0 Å². The molecule has 3 heteroatoms. The van der Waals surface area contributed by atoms with E-state index in [4.69, 9.17) is 4.74 Å². The van der Waals surface area contributed by atoms with Crippen LogP contribution in [0.2, 0.25) is 0 Å². The molecule has 0 atom stereocenters. The largest absolute Gasteiger partial charge is 0.497 e. The van der Waals surface area contributed by atoms with Gasteiger partial charge in [0.2, 0.25) is 0 Å². The molecule has 0 aromatic heterocycles. The lowest BCUT2D eigenvalue weighted by Crippen LogP contribution is -2.34. The Hall–Kier alpha value is -1.95. The van der Waals surface area contributed by atoms with Crippen LogP contribution in [0.4, 0.5) is 5.69 Å². The molecule has 0 radical (unpaired) electrons. The summed E-state index contributed by atoms with van der Waals surface area (Å²) >= 11 is 0. The average Bonchev–Trinajstić information content (AvgIpc) is 2.53. The van der Waals surface area contributed by atoms with Crippen molar-refractivity contribution >= 4 is 11.6 Å². The first-order valence-electron chi connectivity index (χ1n) is 7.73. The first-order chi connectivity index (χ1) is 10.3. The Labute approximate surface area is 127 Å². The van der Waals surface area contributed by atoms with E-state index >= 15 is 0 Å². The number of rotatable bonds is 4. The first-order valence-corrected chi connectivity index (χ1v) is 7.73. The number of anilines is 1. The van der Waals surface area contributed by atoms with Gasteiger partial charge in [0.25, 0.3) is 0 Å². The monoisotopic (exact) mass is 285 g/mol. The topological polar surface area (TPSA) is 29.5 Å². The van der Waals surface area contributed by atoms with Crippen molar-refractivity contribution in [3.8, 4) is 17.6 Å². The highest BCUT2D eigenvalue weighted by molar-refractivity contribution is 6.06. The van der Waals surface area contributed by atoms with Gasteiger partial charge in [-0.05, 0) is 48.9 Å². The van der Waals surface area contributed by atoms with Crippen LogP contribution < -0.4 is 9.64 Å². The summed E-state index contributed by atoms with van der Waals surface area (Å²) < 4.78 is 5.25. The third-order valence-corrected chi connectivity index (χ3v) is 3.75. The molecular weight excluding hydrogens is 262 g/mol. The van der Waals surface area contributed by atoms with E-state index in [0.717, 1.165) is 43.7 Å². The van der Waals surface area contributed by atoms with Crippen LogP contribution in [0.15, 0.2) is 18.2 Å². The normalized spacial score (nSPS) is 13.1. The highest BCUT2D eigenvalue weighted by Crippen LogP contribution is 2.30. The summed E-state index contributed by atoms with van der Waals surface area (Å²) in [6.07, 6.45) is 6.20.